The van der Waals surface area contributed by atoms with Crippen LogP contribution < -0.4 is 11.1 Å². The maximum absolute atomic E-state index is 12.6. The van der Waals surface area contributed by atoms with Crippen LogP contribution in [0.25, 0.3) is 0 Å². The lowest BCUT2D eigenvalue weighted by molar-refractivity contribution is -0.176. The number of carbonyl (C=O) groups excluding carboxylic acids is 1. The summed E-state index contributed by atoms with van der Waals surface area (Å²) in [6.45, 7) is 0.815. The van der Waals surface area contributed by atoms with Crippen molar-refractivity contribution in [3.63, 3.8) is 0 Å². The highest BCUT2D eigenvalue weighted by atomic mass is 35.5. The number of halogens is 4. The van der Waals surface area contributed by atoms with Gasteiger partial charge in [0.15, 0.2) is 0 Å². The summed E-state index contributed by atoms with van der Waals surface area (Å²) in [5.74, 6) is -4.03. The molecule has 0 saturated heterocycles. The average Bonchev–Trinajstić information content (AvgIpc) is 2.45. The van der Waals surface area contributed by atoms with E-state index in [9.17, 15) is 22.8 Å². The van der Waals surface area contributed by atoms with Gasteiger partial charge in [-0.05, 0) is 24.1 Å². The summed E-state index contributed by atoms with van der Waals surface area (Å²) in [5, 5.41) is 11.0. The maximum atomic E-state index is 12.6. The molecule has 0 aliphatic rings. The molecule has 0 aliphatic heterocycles. The molecular weight excluding hydrogens is 337 g/mol. The standard InChI is InChI=1S/C14H16ClF3N2O3/c1-7(14(16,17)18)12(19)13(23)20-10-6-8(2-4-9(10)15)3-5-11(21)22/h2,4,6-7,12H,3,5,19H2,1H3,(H,20,23)(H,21,22)/t7?,12-/m0/s1. The van der Waals surface area contributed by atoms with Crippen molar-refractivity contribution in [2.45, 2.75) is 32.0 Å². The second kappa shape index (κ2) is 7.65. The average molecular weight is 353 g/mol. The van der Waals surface area contributed by atoms with Crippen LogP contribution >= 0.6 is 11.6 Å². The van der Waals surface area contributed by atoms with Crippen molar-refractivity contribution < 1.29 is 27.9 Å². The Labute approximate surface area is 135 Å². The molecular formula is C14H16ClF3N2O3. The number of anilines is 1. The number of carbonyl (C=O) groups is 2. The molecule has 0 heterocycles. The van der Waals surface area contributed by atoms with Crippen LogP contribution in [-0.4, -0.2) is 29.2 Å². The fraction of sp³-hybridized carbons (Fsp3) is 0.429. The van der Waals surface area contributed by atoms with Gasteiger partial charge in [-0.2, -0.15) is 13.2 Å². The summed E-state index contributed by atoms with van der Waals surface area (Å²) in [4.78, 5) is 22.4. The van der Waals surface area contributed by atoms with E-state index in [-0.39, 0.29) is 23.6 Å². The predicted molar refractivity (Wildman–Crippen MR) is 79.2 cm³/mol. The summed E-state index contributed by atoms with van der Waals surface area (Å²) in [7, 11) is 0. The maximum Gasteiger partial charge on any atom is 0.393 e. The lowest BCUT2D eigenvalue weighted by atomic mass is 10.0. The molecule has 0 fully saturated rings. The van der Waals surface area contributed by atoms with Crippen molar-refractivity contribution >= 4 is 29.2 Å². The first-order chi connectivity index (χ1) is 10.5. The first-order valence-electron chi connectivity index (χ1n) is 6.65. The molecule has 0 spiro atoms. The van der Waals surface area contributed by atoms with Crippen LogP contribution in [0.15, 0.2) is 18.2 Å². The number of carboxylic acid groups (broad SMARTS) is 1. The Balaban J connectivity index is 2.85. The van der Waals surface area contributed by atoms with Crippen molar-refractivity contribution in [1.82, 2.24) is 0 Å². The van der Waals surface area contributed by atoms with E-state index < -0.39 is 30.0 Å². The van der Waals surface area contributed by atoms with Crippen LogP contribution in [0.1, 0.15) is 18.9 Å². The van der Waals surface area contributed by atoms with Gasteiger partial charge in [-0.1, -0.05) is 24.6 Å². The number of aryl methyl sites for hydroxylation is 1. The first kappa shape index (κ1) is 19.2. The molecule has 0 aliphatic carbocycles. The SMILES string of the molecule is CC([C@H](N)C(=O)Nc1cc(CCC(=O)O)ccc1Cl)C(F)(F)F. The molecule has 128 valence electrons. The van der Waals surface area contributed by atoms with Crippen molar-refractivity contribution in [3.8, 4) is 0 Å². The number of carboxylic acids is 1. The van der Waals surface area contributed by atoms with E-state index in [4.69, 9.17) is 22.4 Å². The van der Waals surface area contributed by atoms with E-state index >= 15 is 0 Å². The third-order valence-corrected chi connectivity index (χ3v) is 3.60. The highest BCUT2D eigenvalue weighted by molar-refractivity contribution is 6.33. The molecule has 0 aromatic heterocycles. The Morgan fingerprint density at radius 2 is 2.00 bits per heavy atom. The second-order valence-electron chi connectivity index (χ2n) is 5.05. The molecule has 0 saturated carbocycles. The fourth-order valence-corrected chi connectivity index (χ4v) is 1.89. The number of rotatable bonds is 6. The molecule has 4 N–H and O–H groups in total. The zero-order valence-corrected chi connectivity index (χ0v) is 12.9. The van der Waals surface area contributed by atoms with Crippen LogP contribution in [0.5, 0.6) is 0 Å². The third kappa shape index (κ3) is 5.72. The third-order valence-electron chi connectivity index (χ3n) is 3.27. The van der Waals surface area contributed by atoms with E-state index in [1.807, 2.05) is 0 Å². The number of hydrogen-bond acceptors (Lipinski definition) is 3. The summed E-state index contributed by atoms with van der Waals surface area (Å²) in [6, 6.07) is 2.62. The number of hydrogen-bond donors (Lipinski definition) is 3. The molecule has 1 rings (SSSR count). The molecule has 5 nitrogen and oxygen atoms in total. The molecule has 1 aromatic rings. The Kier molecular flexibility index (Phi) is 6.40. The minimum atomic E-state index is -4.59. The first-order valence-corrected chi connectivity index (χ1v) is 7.03. The van der Waals surface area contributed by atoms with Gasteiger partial charge in [0, 0.05) is 6.42 Å². The van der Waals surface area contributed by atoms with Gasteiger partial charge in [0.05, 0.1) is 22.7 Å². The van der Waals surface area contributed by atoms with Gasteiger partial charge < -0.3 is 16.2 Å². The van der Waals surface area contributed by atoms with Crippen LogP contribution in [0.4, 0.5) is 18.9 Å². The Hall–Kier alpha value is -1.80. The van der Waals surface area contributed by atoms with E-state index in [2.05, 4.69) is 5.32 Å². The highest BCUT2D eigenvalue weighted by Gasteiger charge is 2.42. The van der Waals surface area contributed by atoms with Gasteiger partial charge in [-0.25, -0.2) is 0 Å². The zero-order chi connectivity index (χ0) is 17.8. The fourth-order valence-electron chi connectivity index (χ4n) is 1.72. The molecule has 1 amide bonds. The summed E-state index contributed by atoms with van der Waals surface area (Å²) in [5.41, 5.74) is 5.99. The van der Waals surface area contributed by atoms with Gasteiger partial charge in [-0.3, -0.25) is 9.59 Å². The largest absolute Gasteiger partial charge is 0.481 e. The number of aliphatic carboxylic acids is 1. The number of nitrogens with one attached hydrogen (secondary N) is 1. The lowest BCUT2D eigenvalue weighted by Crippen LogP contribution is -2.46. The topological polar surface area (TPSA) is 92.4 Å². The second-order valence-corrected chi connectivity index (χ2v) is 5.46. The quantitative estimate of drug-likeness (QED) is 0.734. The van der Waals surface area contributed by atoms with Gasteiger partial charge in [-0.15, -0.1) is 0 Å². The van der Waals surface area contributed by atoms with Gasteiger partial charge >= 0.3 is 12.1 Å². The number of benzene rings is 1. The summed E-state index contributed by atoms with van der Waals surface area (Å²) in [6.07, 6.45) is -4.52. The molecule has 23 heavy (non-hydrogen) atoms. The van der Waals surface area contributed by atoms with Gasteiger partial charge in [0.2, 0.25) is 5.91 Å². The molecule has 1 unspecified atom stereocenters. The Morgan fingerprint density at radius 3 is 2.52 bits per heavy atom. The molecule has 0 radical (unpaired) electrons. The predicted octanol–water partition coefficient (Wildman–Crippen LogP) is 2.82. The molecule has 1 aromatic carbocycles. The van der Waals surface area contributed by atoms with E-state index in [0.29, 0.717) is 5.56 Å². The lowest BCUT2D eigenvalue weighted by Gasteiger charge is -2.22. The molecule has 0 bridgehead atoms. The molecule has 9 heteroatoms. The van der Waals surface area contributed by atoms with Crippen molar-refractivity contribution in [3.05, 3.63) is 28.8 Å². The van der Waals surface area contributed by atoms with Crippen LogP contribution in [0.3, 0.4) is 0 Å². The molecule has 2 atom stereocenters. The van der Waals surface area contributed by atoms with Gasteiger partial charge in [0.25, 0.3) is 0 Å². The van der Waals surface area contributed by atoms with Crippen molar-refractivity contribution in [2.75, 3.05) is 5.32 Å². The highest BCUT2D eigenvalue weighted by Crippen LogP contribution is 2.29. The minimum absolute atomic E-state index is 0.0874. The Bertz CT molecular complexity index is 593. The number of amides is 1. The number of nitrogens with two attached hydrogens (primary N) is 1. The summed E-state index contributed by atoms with van der Waals surface area (Å²) < 4.78 is 37.7. The number of alkyl halides is 3. The van der Waals surface area contributed by atoms with Crippen LogP contribution in [0, 0.1) is 5.92 Å². The van der Waals surface area contributed by atoms with Crippen LogP contribution in [0.2, 0.25) is 5.02 Å². The Morgan fingerprint density at radius 1 is 1.39 bits per heavy atom. The van der Waals surface area contributed by atoms with Crippen molar-refractivity contribution in [2.24, 2.45) is 11.7 Å². The van der Waals surface area contributed by atoms with E-state index in [1.54, 1.807) is 6.07 Å². The van der Waals surface area contributed by atoms with E-state index in [1.165, 1.54) is 12.1 Å². The van der Waals surface area contributed by atoms with Gasteiger partial charge in [0.1, 0.15) is 0 Å². The van der Waals surface area contributed by atoms with Crippen LogP contribution in [-0.2, 0) is 16.0 Å². The minimum Gasteiger partial charge on any atom is -0.481 e. The smallest absolute Gasteiger partial charge is 0.393 e. The summed E-state index contributed by atoms with van der Waals surface area (Å²) >= 11 is 5.88. The monoisotopic (exact) mass is 352 g/mol. The zero-order valence-electron chi connectivity index (χ0n) is 12.2. The van der Waals surface area contributed by atoms with Crippen molar-refractivity contribution in [1.29, 1.82) is 0 Å². The normalized spacial score (nSPS) is 14.2. The van der Waals surface area contributed by atoms with E-state index in [0.717, 1.165) is 6.92 Å².